The van der Waals surface area contributed by atoms with Crippen molar-refractivity contribution in [3.05, 3.63) is 41.7 Å². The summed E-state index contributed by atoms with van der Waals surface area (Å²) in [6, 6.07) is 7.30. The molecule has 134 valence electrons. The maximum absolute atomic E-state index is 12.5. The first-order valence-electron chi connectivity index (χ1n) is 8.27. The summed E-state index contributed by atoms with van der Waals surface area (Å²) in [5.74, 6) is 1.19. The molecule has 0 saturated carbocycles. The molecule has 26 heavy (non-hydrogen) atoms. The number of imidazole rings is 1. The highest BCUT2D eigenvalue weighted by Crippen LogP contribution is 2.22. The van der Waals surface area contributed by atoms with E-state index in [1.165, 1.54) is 11.8 Å². The number of amides is 1. The molecule has 2 aromatic heterocycles. The minimum absolute atomic E-state index is 0.113. The van der Waals surface area contributed by atoms with E-state index in [0.29, 0.717) is 23.9 Å². The number of carbonyl (C=O) groups excluding carboxylic acids is 1. The number of aromatic nitrogens is 4. The van der Waals surface area contributed by atoms with Gasteiger partial charge in [-0.2, -0.15) is 0 Å². The smallest absolute Gasteiger partial charge is 0.233 e. The van der Waals surface area contributed by atoms with E-state index >= 15 is 0 Å². The first-order chi connectivity index (χ1) is 12.7. The second kappa shape index (κ2) is 7.51. The third-order valence-electron chi connectivity index (χ3n) is 4.22. The van der Waals surface area contributed by atoms with Crippen LogP contribution in [0.25, 0.3) is 11.0 Å². The number of benzene rings is 1. The van der Waals surface area contributed by atoms with Crippen LogP contribution in [-0.4, -0.2) is 62.7 Å². The van der Waals surface area contributed by atoms with Crippen LogP contribution in [-0.2, 0) is 4.79 Å². The topological polar surface area (TPSA) is 78.0 Å². The highest BCUT2D eigenvalue weighted by atomic mass is 35.5. The Kier molecular flexibility index (Phi) is 4.94. The average Bonchev–Trinajstić information content (AvgIpc) is 3.09. The Labute approximate surface area is 159 Å². The van der Waals surface area contributed by atoms with Crippen molar-refractivity contribution in [1.29, 1.82) is 0 Å². The van der Waals surface area contributed by atoms with Crippen LogP contribution in [0, 0.1) is 0 Å². The summed E-state index contributed by atoms with van der Waals surface area (Å²) in [5, 5.41) is 1.39. The van der Waals surface area contributed by atoms with Crippen molar-refractivity contribution >= 4 is 46.3 Å². The molecule has 1 amide bonds. The van der Waals surface area contributed by atoms with Gasteiger partial charge in [0.1, 0.15) is 0 Å². The Bertz CT molecular complexity index is 910. The molecule has 1 N–H and O–H groups in total. The van der Waals surface area contributed by atoms with Crippen molar-refractivity contribution in [3.63, 3.8) is 0 Å². The summed E-state index contributed by atoms with van der Waals surface area (Å²) < 4.78 is 0. The number of nitrogens with zero attached hydrogens (tertiary/aromatic N) is 5. The summed E-state index contributed by atoms with van der Waals surface area (Å²) in [6.07, 6.45) is 3.47. The number of carbonyl (C=O) groups is 1. The predicted octanol–water partition coefficient (Wildman–Crippen LogP) is 2.45. The van der Waals surface area contributed by atoms with Crippen molar-refractivity contribution in [2.45, 2.75) is 5.16 Å². The Morgan fingerprint density at radius 3 is 2.73 bits per heavy atom. The third kappa shape index (κ3) is 3.76. The molecule has 1 fully saturated rings. The molecule has 0 unspecified atom stereocenters. The number of fused-ring (bicyclic) bond motifs is 1. The van der Waals surface area contributed by atoms with Crippen LogP contribution in [0.3, 0.4) is 0 Å². The van der Waals surface area contributed by atoms with Gasteiger partial charge in [0.05, 0.1) is 16.8 Å². The SMILES string of the molecule is O=C(CSc1nc2ccc(Cl)cc2[nH]1)N1CCN(c2ncccn2)CC1. The van der Waals surface area contributed by atoms with Gasteiger partial charge in [-0.3, -0.25) is 4.79 Å². The molecule has 1 aliphatic rings. The number of thioether (sulfide) groups is 1. The zero-order valence-corrected chi connectivity index (χ0v) is 15.5. The fourth-order valence-electron chi connectivity index (χ4n) is 2.86. The highest BCUT2D eigenvalue weighted by Gasteiger charge is 2.22. The van der Waals surface area contributed by atoms with Crippen LogP contribution in [0.4, 0.5) is 5.95 Å². The Morgan fingerprint density at radius 2 is 1.96 bits per heavy atom. The van der Waals surface area contributed by atoms with Gasteiger partial charge in [0, 0.05) is 43.6 Å². The van der Waals surface area contributed by atoms with Gasteiger partial charge >= 0.3 is 0 Å². The van der Waals surface area contributed by atoms with E-state index in [1.54, 1.807) is 24.5 Å². The van der Waals surface area contributed by atoms with Gasteiger partial charge in [-0.15, -0.1) is 0 Å². The molecule has 0 bridgehead atoms. The van der Waals surface area contributed by atoms with Crippen molar-refractivity contribution in [2.24, 2.45) is 0 Å². The Balaban J connectivity index is 1.31. The molecule has 4 rings (SSSR count). The summed E-state index contributed by atoms with van der Waals surface area (Å²) >= 11 is 7.40. The van der Waals surface area contributed by atoms with Crippen molar-refractivity contribution in [2.75, 3.05) is 36.8 Å². The van der Waals surface area contributed by atoms with Crippen LogP contribution in [0.2, 0.25) is 5.02 Å². The number of aromatic amines is 1. The first-order valence-corrected chi connectivity index (χ1v) is 9.63. The fourth-order valence-corrected chi connectivity index (χ4v) is 3.82. The lowest BCUT2D eigenvalue weighted by Crippen LogP contribution is -2.49. The van der Waals surface area contributed by atoms with Gasteiger partial charge in [-0.05, 0) is 24.3 Å². The molecule has 3 aromatic rings. The highest BCUT2D eigenvalue weighted by molar-refractivity contribution is 7.99. The number of piperazine rings is 1. The van der Waals surface area contributed by atoms with E-state index in [1.807, 2.05) is 17.0 Å². The lowest BCUT2D eigenvalue weighted by Gasteiger charge is -2.34. The number of hydrogen-bond donors (Lipinski definition) is 1. The molecule has 0 spiro atoms. The van der Waals surface area contributed by atoms with Crippen LogP contribution < -0.4 is 4.90 Å². The molecule has 3 heterocycles. The average molecular weight is 389 g/mol. The van der Waals surface area contributed by atoms with Gasteiger partial charge in [0.25, 0.3) is 0 Å². The molecule has 1 aromatic carbocycles. The van der Waals surface area contributed by atoms with E-state index in [0.717, 1.165) is 35.2 Å². The first kappa shape index (κ1) is 17.1. The van der Waals surface area contributed by atoms with Crippen LogP contribution in [0.5, 0.6) is 0 Å². The quantitative estimate of drug-likeness (QED) is 0.692. The minimum Gasteiger partial charge on any atom is -0.338 e. The molecule has 9 heteroatoms. The molecule has 1 aliphatic heterocycles. The Morgan fingerprint density at radius 1 is 1.19 bits per heavy atom. The van der Waals surface area contributed by atoms with E-state index in [-0.39, 0.29) is 5.91 Å². The third-order valence-corrected chi connectivity index (χ3v) is 5.32. The lowest BCUT2D eigenvalue weighted by molar-refractivity contribution is -0.128. The molecule has 1 saturated heterocycles. The van der Waals surface area contributed by atoms with Crippen molar-refractivity contribution < 1.29 is 4.79 Å². The maximum atomic E-state index is 12.5. The number of H-pyrrole nitrogens is 1. The monoisotopic (exact) mass is 388 g/mol. The van der Waals surface area contributed by atoms with E-state index in [4.69, 9.17) is 11.6 Å². The van der Waals surface area contributed by atoms with Gasteiger partial charge in [-0.25, -0.2) is 15.0 Å². The van der Waals surface area contributed by atoms with Crippen molar-refractivity contribution in [3.8, 4) is 0 Å². The molecular formula is C17H17ClN6OS. The molecule has 7 nitrogen and oxygen atoms in total. The lowest BCUT2D eigenvalue weighted by atomic mass is 10.3. The van der Waals surface area contributed by atoms with Crippen molar-refractivity contribution in [1.82, 2.24) is 24.8 Å². The molecule has 0 radical (unpaired) electrons. The second-order valence-electron chi connectivity index (χ2n) is 5.91. The standard InChI is InChI=1S/C17H17ClN6OS/c18-12-2-3-13-14(10-12)22-17(21-13)26-11-15(25)23-6-8-24(9-7-23)16-19-4-1-5-20-16/h1-5,10H,6-9,11H2,(H,21,22). The van der Waals surface area contributed by atoms with E-state index in [2.05, 4.69) is 24.8 Å². The largest absolute Gasteiger partial charge is 0.338 e. The molecule has 0 atom stereocenters. The summed E-state index contributed by atoms with van der Waals surface area (Å²) in [5.41, 5.74) is 1.73. The molecule has 0 aliphatic carbocycles. The van der Waals surface area contributed by atoms with E-state index < -0.39 is 0 Å². The van der Waals surface area contributed by atoms with Crippen LogP contribution in [0.15, 0.2) is 41.8 Å². The number of rotatable bonds is 4. The predicted molar refractivity (Wildman–Crippen MR) is 103 cm³/mol. The zero-order valence-electron chi connectivity index (χ0n) is 13.9. The number of nitrogens with one attached hydrogen (secondary N) is 1. The van der Waals surface area contributed by atoms with Crippen LogP contribution in [0.1, 0.15) is 0 Å². The maximum Gasteiger partial charge on any atom is 0.233 e. The minimum atomic E-state index is 0.113. The summed E-state index contributed by atoms with van der Waals surface area (Å²) in [7, 11) is 0. The van der Waals surface area contributed by atoms with Gasteiger partial charge in [0.15, 0.2) is 5.16 Å². The van der Waals surface area contributed by atoms with Gasteiger partial charge in [-0.1, -0.05) is 23.4 Å². The van der Waals surface area contributed by atoms with Gasteiger partial charge < -0.3 is 14.8 Å². The zero-order chi connectivity index (χ0) is 17.9. The normalized spacial score (nSPS) is 14.8. The fraction of sp³-hybridized carbons (Fsp3) is 0.294. The Hall–Kier alpha value is -2.32. The van der Waals surface area contributed by atoms with E-state index in [9.17, 15) is 4.79 Å². The number of anilines is 1. The van der Waals surface area contributed by atoms with Gasteiger partial charge in [0.2, 0.25) is 11.9 Å². The summed E-state index contributed by atoms with van der Waals surface area (Å²) in [4.78, 5) is 32.6. The molecular weight excluding hydrogens is 372 g/mol. The summed E-state index contributed by atoms with van der Waals surface area (Å²) in [6.45, 7) is 2.83. The number of hydrogen-bond acceptors (Lipinski definition) is 6. The van der Waals surface area contributed by atoms with Crippen LogP contribution >= 0.6 is 23.4 Å². The number of halogens is 1. The second-order valence-corrected chi connectivity index (χ2v) is 7.31.